The monoisotopic (exact) mass is 397 g/mol. The number of methoxy groups -OCH3 is 2. The quantitative estimate of drug-likeness (QED) is 0.776. The Balaban J connectivity index is 0.00000243. The number of nitrogens with one attached hydrogen (secondary N) is 1. The zero-order valence-electron chi connectivity index (χ0n) is 14.9. The maximum Gasteiger partial charge on any atom is 0.230 e. The summed E-state index contributed by atoms with van der Waals surface area (Å²) >= 11 is 1.47. The number of amides is 1. The third-order valence-electron chi connectivity index (χ3n) is 4.36. The van der Waals surface area contributed by atoms with Gasteiger partial charge in [-0.25, -0.2) is 4.98 Å². The standard InChI is InChI=1S/C18H23N3O3S.ClH/c1-23-15-6-5-13(16(11-15)24-2)12-21(18-20-8-9-25-18)17(22)10-14-4-3-7-19-14;/h5-6,8-9,11,14,19H,3-4,7,10,12H2,1-2H3;1H. The van der Waals surface area contributed by atoms with Crippen LogP contribution in [0.25, 0.3) is 0 Å². The maximum atomic E-state index is 12.9. The van der Waals surface area contributed by atoms with Gasteiger partial charge in [0.25, 0.3) is 0 Å². The molecular formula is C18H24ClN3O3S. The summed E-state index contributed by atoms with van der Waals surface area (Å²) in [6, 6.07) is 5.89. The van der Waals surface area contributed by atoms with Crippen LogP contribution in [0, 0.1) is 0 Å². The summed E-state index contributed by atoms with van der Waals surface area (Å²) in [6.07, 6.45) is 4.38. The number of benzene rings is 1. The van der Waals surface area contributed by atoms with E-state index < -0.39 is 0 Å². The number of nitrogens with zero attached hydrogens (tertiary/aromatic N) is 2. The molecule has 0 radical (unpaired) electrons. The van der Waals surface area contributed by atoms with Gasteiger partial charge in [-0.2, -0.15) is 0 Å². The van der Waals surface area contributed by atoms with Gasteiger partial charge in [0, 0.05) is 35.7 Å². The van der Waals surface area contributed by atoms with Gasteiger partial charge in [0.2, 0.25) is 5.91 Å². The minimum atomic E-state index is 0. The Morgan fingerprint density at radius 1 is 1.38 bits per heavy atom. The molecule has 2 aromatic rings. The second kappa shape index (κ2) is 9.75. The first kappa shape index (κ1) is 20.5. The van der Waals surface area contributed by atoms with Crippen LogP contribution in [-0.2, 0) is 11.3 Å². The van der Waals surface area contributed by atoms with Crippen molar-refractivity contribution in [1.29, 1.82) is 0 Å². The molecule has 2 heterocycles. The molecule has 1 N–H and O–H groups in total. The molecule has 0 bridgehead atoms. The fourth-order valence-corrected chi connectivity index (χ4v) is 3.68. The maximum absolute atomic E-state index is 12.9. The van der Waals surface area contributed by atoms with Crippen molar-refractivity contribution < 1.29 is 14.3 Å². The van der Waals surface area contributed by atoms with Crippen molar-refractivity contribution in [3.8, 4) is 11.5 Å². The fraction of sp³-hybridized carbons (Fsp3) is 0.444. The lowest BCUT2D eigenvalue weighted by atomic mass is 10.1. The second-order valence-electron chi connectivity index (χ2n) is 5.97. The molecule has 1 unspecified atom stereocenters. The Labute approximate surface area is 163 Å². The molecule has 0 spiro atoms. The molecule has 3 rings (SSSR count). The van der Waals surface area contributed by atoms with Crippen LogP contribution in [0.1, 0.15) is 24.8 Å². The Hall–Kier alpha value is -1.83. The van der Waals surface area contributed by atoms with E-state index in [-0.39, 0.29) is 24.4 Å². The number of halogens is 1. The number of thiazole rings is 1. The first-order chi connectivity index (χ1) is 12.2. The van der Waals surface area contributed by atoms with Crippen LogP contribution in [0.2, 0.25) is 0 Å². The largest absolute Gasteiger partial charge is 0.497 e. The second-order valence-corrected chi connectivity index (χ2v) is 6.84. The van der Waals surface area contributed by atoms with Crippen LogP contribution in [0.15, 0.2) is 29.8 Å². The number of hydrogen-bond acceptors (Lipinski definition) is 6. The third kappa shape index (κ3) is 4.87. The lowest BCUT2D eigenvalue weighted by molar-refractivity contribution is -0.119. The van der Waals surface area contributed by atoms with Crippen LogP contribution in [0.5, 0.6) is 11.5 Å². The van der Waals surface area contributed by atoms with Crippen molar-refractivity contribution >= 4 is 34.8 Å². The van der Waals surface area contributed by atoms with Crippen LogP contribution in [-0.4, -0.2) is 37.7 Å². The Bertz CT molecular complexity index is 706. The highest BCUT2D eigenvalue weighted by Gasteiger charge is 2.25. The molecule has 1 aromatic carbocycles. The van der Waals surface area contributed by atoms with E-state index in [0.717, 1.165) is 30.7 Å². The lowest BCUT2D eigenvalue weighted by Gasteiger charge is -2.23. The van der Waals surface area contributed by atoms with E-state index in [1.54, 1.807) is 25.3 Å². The van der Waals surface area contributed by atoms with Crippen molar-refractivity contribution in [3.05, 3.63) is 35.3 Å². The van der Waals surface area contributed by atoms with Crippen molar-refractivity contribution in [2.45, 2.75) is 31.8 Å². The number of anilines is 1. The normalized spacial score (nSPS) is 16.0. The number of ether oxygens (including phenoxy) is 2. The van der Waals surface area contributed by atoms with Crippen molar-refractivity contribution in [1.82, 2.24) is 10.3 Å². The molecule has 26 heavy (non-hydrogen) atoms. The van der Waals surface area contributed by atoms with Gasteiger partial charge in [0.05, 0.1) is 20.8 Å². The highest BCUT2D eigenvalue weighted by atomic mass is 35.5. The van der Waals surface area contributed by atoms with Crippen molar-refractivity contribution in [3.63, 3.8) is 0 Å². The van der Waals surface area contributed by atoms with Crippen molar-refractivity contribution in [2.24, 2.45) is 0 Å². The average molecular weight is 398 g/mol. The molecule has 1 aromatic heterocycles. The van der Waals surface area contributed by atoms with Gasteiger partial charge in [0.15, 0.2) is 5.13 Å². The Kier molecular flexibility index (Phi) is 7.68. The molecule has 1 atom stereocenters. The molecule has 142 valence electrons. The summed E-state index contributed by atoms with van der Waals surface area (Å²) in [4.78, 5) is 19.0. The number of aromatic nitrogens is 1. The number of carbonyl (C=O) groups is 1. The van der Waals surface area contributed by atoms with E-state index in [1.807, 2.05) is 23.6 Å². The molecule has 1 fully saturated rings. The van der Waals surface area contributed by atoms with Gasteiger partial charge < -0.3 is 14.8 Å². The molecule has 1 saturated heterocycles. The zero-order chi connectivity index (χ0) is 17.6. The molecule has 0 aliphatic carbocycles. The number of carbonyl (C=O) groups excluding carboxylic acids is 1. The highest BCUT2D eigenvalue weighted by molar-refractivity contribution is 7.13. The van der Waals surface area contributed by atoms with Crippen LogP contribution < -0.4 is 19.7 Å². The lowest BCUT2D eigenvalue weighted by Crippen LogP contribution is -2.35. The molecular weight excluding hydrogens is 374 g/mol. The summed E-state index contributed by atoms with van der Waals surface area (Å²) in [5, 5.41) is 5.98. The fourth-order valence-electron chi connectivity index (χ4n) is 3.02. The van der Waals surface area contributed by atoms with Crippen LogP contribution in [0.4, 0.5) is 5.13 Å². The van der Waals surface area contributed by atoms with Gasteiger partial charge in [-0.15, -0.1) is 23.7 Å². The Morgan fingerprint density at radius 2 is 2.23 bits per heavy atom. The van der Waals surface area contributed by atoms with E-state index >= 15 is 0 Å². The van der Waals surface area contributed by atoms with E-state index in [2.05, 4.69) is 10.3 Å². The highest BCUT2D eigenvalue weighted by Crippen LogP contribution is 2.29. The topological polar surface area (TPSA) is 63.7 Å². The Morgan fingerprint density at radius 3 is 2.85 bits per heavy atom. The summed E-state index contributed by atoms with van der Waals surface area (Å²) in [6.45, 7) is 1.41. The van der Waals surface area contributed by atoms with Gasteiger partial charge in [0.1, 0.15) is 11.5 Å². The van der Waals surface area contributed by atoms with E-state index in [9.17, 15) is 4.79 Å². The van der Waals surface area contributed by atoms with Gasteiger partial charge in [-0.3, -0.25) is 9.69 Å². The third-order valence-corrected chi connectivity index (χ3v) is 5.15. The number of rotatable bonds is 7. The first-order valence-corrected chi connectivity index (χ1v) is 9.23. The van der Waals surface area contributed by atoms with Gasteiger partial charge in [-0.1, -0.05) is 0 Å². The molecule has 6 nitrogen and oxygen atoms in total. The predicted octanol–water partition coefficient (Wildman–Crippen LogP) is 3.26. The smallest absolute Gasteiger partial charge is 0.230 e. The van der Waals surface area contributed by atoms with E-state index in [0.29, 0.717) is 23.8 Å². The summed E-state index contributed by atoms with van der Waals surface area (Å²) in [5.41, 5.74) is 0.922. The van der Waals surface area contributed by atoms with Crippen LogP contribution >= 0.6 is 23.7 Å². The number of hydrogen-bond donors (Lipinski definition) is 1. The molecule has 0 saturated carbocycles. The van der Waals surface area contributed by atoms with Gasteiger partial charge in [-0.05, 0) is 31.5 Å². The average Bonchev–Trinajstić information content (AvgIpc) is 3.33. The molecule has 1 aliphatic rings. The molecule has 8 heteroatoms. The van der Waals surface area contributed by atoms with E-state index in [1.165, 1.54) is 11.3 Å². The minimum Gasteiger partial charge on any atom is -0.497 e. The SMILES string of the molecule is COc1ccc(CN(C(=O)CC2CCCN2)c2nccs2)c(OC)c1.Cl. The predicted molar refractivity (Wildman–Crippen MR) is 106 cm³/mol. The zero-order valence-corrected chi connectivity index (χ0v) is 16.6. The summed E-state index contributed by atoms with van der Waals surface area (Å²) in [7, 11) is 3.24. The summed E-state index contributed by atoms with van der Waals surface area (Å²) < 4.78 is 10.7. The molecule has 1 aliphatic heterocycles. The van der Waals surface area contributed by atoms with Crippen molar-refractivity contribution in [2.75, 3.05) is 25.7 Å². The van der Waals surface area contributed by atoms with E-state index in [4.69, 9.17) is 9.47 Å². The first-order valence-electron chi connectivity index (χ1n) is 8.35. The van der Waals surface area contributed by atoms with Crippen LogP contribution in [0.3, 0.4) is 0 Å². The molecule has 1 amide bonds. The van der Waals surface area contributed by atoms with Gasteiger partial charge >= 0.3 is 0 Å². The minimum absolute atomic E-state index is 0. The summed E-state index contributed by atoms with van der Waals surface area (Å²) in [5.74, 6) is 1.50.